The second-order valence-corrected chi connectivity index (χ2v) is 4.10. The third-order valence-corrected chi connectivity index (χ3v) is 2.88. The molecule has 0 bridgehead atoms. The number of nitrogens with one attached hydrogen (secondary N) is 1. The fourth-order valence-corrected chi connectivity index (χ4v) is 1.93. The van der Waals surface area contributed by atoms with Gasteiger partial charge >= 0.3 is 0 Å². The van der Waals surface area contributed by atoms with Crippen molar-refractivity contribution in [3.8, 4) is 5.75 Å². The minimum Gasteiger partial charge on any atom is -0.497 e. The van der Waals surface area contributed by atoms with E-state index in [0.717, 1.165) is 31.0 Å². The van der Waals surface area contributed by atoms with E-state index in [1.165, 1.54) is 12.8 Å². The second-order valence-electron chi connectivity index (χ2n) is 4.10. The van der Waals surface area contributed by atoms with Crippen molar-refractivity contribution in [3.63, 3.8) is 0 Å². The van der Waals surface area contributed by atoms with Crippen molar-refractivity contribution in [2.45, 2.75) is 25.4 Å². The number of methoxy groups -OCH3 is 1. The fraction of sp³-hybridized carbons (Fsp3) is 0.538. The van der Waals surface area contributed by atoms with Crippen LogP contribution < -0.4 is 10.1 Å². The molecule has 0 aliphatic carbocycles. The van der Waals surface area contributed by atoms with Crippen LogP contribution in [0.25, 0.3) is 0 Å². The predicted octanol–water partition coefficient (Wildman–Crippen LogP) is 2.68. The van der Waals surface area contributed by atoms with Gasteiger partial charge in [-0.1, -0.05) is 6.07 Å². The maximum atomic E-state index is 5.66. The number of anilines is 1. The zero-order valence-electron chi connectivity index (χ0n) is 9.74. The quantitative estimate of drug-likeness (QED) is 0.848. The van der Waals surface area contributed by atoms with Crippen LogP contribution in [-0.4, -0.2) is 26.4 Å². The van der Waals surface area contributed by atoms with E-state index in [9.17, 15) is 0 Å². The molecule has 0 amide bonds. The molecule has 1 saturated heterocycles. The lowest BCUT2D eigenvalue weighted by Gasteiger charge is -2.23. The van der Waals surface area contributed by atoms with Crippen molar-refractivity contribution < 1.29 is 9.47 Å². The van der Waals surface area contributed by atoms with Gasteiger partial charge in [-0.15, -0.1) is 0 Å². The molecule has 1 N–H and O–H groups in total. The van der Waals surface area contributed by atoms with E-state index in [1.807, 2.05) is 24.3 Å². The highest BCUT2D eigenvalue weighted by molar-refractivity contribution is 5.48. The Morgan fingerprint density at radius 1 is 1.44 bits per heavy atom. The largest absolute Gasteiger partial charge is 0.497 e. The Morgan fingerprint density at radius 3 is 3.12 bits per heavy atom. The molecule has 3 heteroatoms. The van der Waals surface area contributed by atoms with Crippen molar-refractivity contribution in [2.24, 2.45) is 0 Å². The first-order valence-electron chi connectivity index (χ1n) is 5.88. The topological polar surface area (TPSA) is 30.5 Å². The molecule has 0 aromatic heterocycles. The second kappa shape index (κ2) is 5.75. The summed E-state index contributed by atoms with van der Waals surface area (Å²) in [5.41, 5.74) is 1.09. The van der Waals surface area contributed by atoms with E-state index in [4.69, 9.17) is 9.47 Å². The van der Waals surface area contributed by atoms with E-state index in [0.29, 0.717) is 6.10 Å². The third kappa shape index (κ3) is 3.14. The van der Waals surface area contributed by atoms with Crippen LogP contribution in [0.5, 0.6) is 5.75 Å². The fourth-order valence-electron chi connectivity index (χ4n) is 1.93. The van der Waals surface area contributed by atoms with Crippen molar-refractivity contribution >= 4 is 5.69 Å². The molecule has 0 radical (unpaired) electrons. The first kappa shape index (κ1) is 11.3. The van der Waals surface area contributed by atoms with Gasteiger partial charge in [-0.3, -0.25) is 0 Å². The number of hydrogen-bond acceptors (Lipinski definition) is 3. The number of benzene rings is 1. The lowest BCUT2D eigenvalue weighted by molar-refractivity contribution is 0.0247. The Hall–Kier alpha value is -1.22. The van der Waals surface area contributed by atoms with Crippen molar-refractivity contribution in [1.29, 1.82) is 0 Å². The molecule has 88 valence electrons. The summed E-state index contributed by atoms with van der Waals surface area (Å²) < 4.78 is 10.8. The smallest absolute Gasteiger partial charge is 0.120 e. The monoisotopic (exact) mass is 221 g/mol. The molecule has 1 fully saturated rings. The molecule has 1 atom stereocenters. The average molecular weight is 221 g/mol. The summed E-state index contributed by atoms with van der Waals surface area (Å²) in [5.74, 6) is 0.884. The van der Waals surface area contributed by atoms with Gasteiger partial charge in [-0.05, 0) is 31.4 Å². The molecule has 0 spiro atoms. The van der Waals surface area contributed by atoms with Gasteiger partial charge in [0.2, 0.25) is 0 Å². The molecule has 16 heavy (non-hydrogen) atoms. The Kier molecular flexibility index (Phi) is 4.05. The maximum Gasteiger partial charge on any atom is 0.120 e. The first-order chi connectivity index (χ1) is 7.88. The summed E-state index contributed by atoms with van der Waals surface area (Å²) in [5, 5.41) is 3.38. The maximum absolute atomic E-state index is 5.66. The van der Waals surface area contributed by atoms with Crippen LogP contribution in [0.1, 0.15) is 19.3 Å². The first-order valence-corrected chi connectivity index (χ1v) is 5.88. The van der Waals surface area contributed by atoms with Crippen LogP contribution in [0.15, 0.2) is 24.3 Å². The zero-order valence-corrected chi connectivity index (χ0v) is 9.74. The van der Waals surface area contributed by atoms with Gasteiger partial charge in [0.25, 0.3) is 0 Å². The van der Waals surface area contributed by atoms with Gasteiger partial charge in [0.05, 0.1) is 13.2 Å². The Labute approximate surface area is 96.8 Å². The van der Waals surface area contributed by atoms with Crippen molar-refractivity contribution in [2.75, 3.05) is 25.6 Å². The van der Waals surface area contributed by atoms with Gasteiger partial charge in [0.1, 0.15) is 5.75 Å². The summed E-state index contributed by atoms with van der Waals surface area (Å²) in [4.78, 5) is 0. The van der Waals surface area contributed by atoms with Crippen LogP contribution in [0.3, 0.4) is 0 Å². The highest BCUT2D eigenvalue weighted by Crippen LogP contribution is 2.18. The van der Waals surface area contributed by atoms with Crippen LogP contribution in [0.4, 0.5) is 5.69 Å². The Bertz CT molecular complexity index is 321. The number of hydrogen-bond donors (Lipinski definition) is 1. The van der Waals surface area contributed by atoms with Gasteiger partial charge in [-0.2, -0.15) is 0 Å². The lowest BCUT2D eigenvalue weighted by Crippen LogP contribution is -2.26. The zero-order chi connectivity index (χ0) is 11.2. The van der Waals surface area contributed by atoms with E-state index >= 15 is 0 Å². The minimum atomic E-state index is 0.361. The molecule has 0 saturated carbocycles. The third-order valence-electron chi connectivity index (χ3n) is 2.88. The summed E-state index contributed by atoms with van der Waals surface area (Å²) in [6, 6.07) is 7.99. The van der Waals surface area contributed by atoms with Crippen molar-refractivity contribution in [1.82, 2.24) is 0 Å². The molecule has 2 rings (SSSR count). The standard InChI is InChI=1S/C13H19NO2/c1-15-12-7-4-5-11(9-12)14-10-13-6-2-3-8-16-13/h4-5,7,9,13-14H,2-3,6,8,10H2,1H3. The van der Waals surface area contributed by atoms with Crippen LogP contribution >= 0.6 is 0 Å². The molecule has 1 unspecified atom stereocenters. The molecule has 3 nitrogen and oxygen atoms in total. The number of ether oxygens (including phenoxy) is 2. The van der Waals surface area contributed by atoms with Gasteiger partial charge < -0.3 is 14.8 Å². The van der Waals surface area contributed by atoms with Gasteiger partial charge in [0, 0.05) is 24.9 Å². The molecular formula is C13H19NO2. The Morgan fingerprint density at radius 2 is 2.38 bits per heavy atom. The van der Waals surface area contributed by atoms with Gasteiger partial charge in [0.15, 0.2) is 0 Å². The molecule has 1 aliphatic rings. The van der Waals surface area contributed by atoms with Crippen molar-refractivity contribution in [3.05, 3.63) is 24.3 Å². The summed E-state index contributed by atoms with van der Waals surface area (Å²) in [6.07, 6.45) is 4.01. The average Bonchev–Trinajstić information content (AvgIpc) is 2.38. The number of rotatable bonds is 4. The Balaban J connectivity index is 1.83. The van der Waals surface area contributed by atoms with E-state index in [1.54, 1.807) is 7.11 Å². The van der Waals surface area contributed by atoms with Gasteiger partial charge in [-0.25, -0.2) is 0 Å². The SMILES string of the molecule is COc1cccc(NCC2CCCCO2)c1. The van der Waals surface area contributed by atoms with E-state index < -0.39 is 0 Å². The molecule has 1 aromatic carbocycles. The summed E-state index contributed by atoms with van der Waals surface area (Å²) in [6.45, 7) is 1.79. The predicted molar refractivity (Wildman–Crippen MR) is 65.1 cm³/mol. The van der Waals surface area contributed by atoms with Crippen LogP contribution in [0, 0.1) is 0 Å². The summed E-state index contributed by atoms with van der Waals surface area (Å²) in [7, 11) is 1.68. The molecule has 1 heterocycles. The molecule has 1 aromatic rings. The molecular weight excluding hydrogens is 202 g/mol. The minimum absolute atomic E-state index is 0.361. The highest BCUT2D eigenvalue weighted by Gasteiger charge is 2.13. The highest BCUT2D eigenvalue weighted by atomic mass is 16.5. The van der Waals surface area contributed by atoms with Crippen LogP contribution in [0.2, 0.25) is 0 Å². The van der Waals surface area contributed by atoms with Crippen LogP contribution in [-0.2, 0) is 4.74 Å². The normalized spacial score (nSPS) is 20.4. The van der Waals surface area contributed by atoms with E-state index in [-0.39, 0.29) is 0 Å². The lowest BCUT2D eigenvalue weighted by atomic mass is 10.1. The summed E-state index contributed by atoms with van der Waals surface area (Å²) >= 11 is 0. The van der Waals surface area contributed by atoms with E-state index in [2.05, 4.69) is 5.32 Å². The molecule has 1 aliphatic heterocycles.